The van der Waals surface area contributed by atoms with Gasteiger partial charge in [0.25, 0.3) is 0 Å². The molecule has 1 aliphatic carbocycles. The Balaban J connectivity index is 2.04. The Morgan fingerprint density at radius 3 is 2.50 bits per heavy atom. The maximum Gasteiger partial charge on any atom is 0.337 e. The summed E-state index contributed by atoms with van der Waals surface area (Å²) in [6, 6.07) is 9.58. The fourth-order valence-corrected chi connectivity index (χ4v) is 2.39. The third-order valence-electron chi connectivity index (χ3n) is 3.22. The summed E-state index contributed by atoms with van der Waals surface area (Å²) < 4.78 is 1.01. The molecule has 1 aromatic carbocycles. The van der Waals surface area contributed by atoms with Gasteiger partial charge in [0.2, 0.25) is 0 Å². The van der Waals surface area contributed by atoms with E-state index in [1.807, 2.05) is 24.3 Å². The highest BCUT2D eigenvalue weighted by molar-refractivity contribution is 9.10. The standard InChI is InChI=1S/C14H12BrNO2/c15-10-5-3-8(4-6-10)12-7-11(14(17)18)13(16-12)9-1-2-9/h3-7,9,16H,1-2H2,(H,17,18). The first-order valence-electron chi connectivity index (χ1n) is 5.87. The molecule has 1 saturated carbocycles. The van der Waals surface area contributed by atoms with Crippen LogP contribution in [0.25, 0.3) is 11.3 Å². The van der Waals surface area contributed by atoms with Crippen molar-refractivity contribution in [2.75, 3.05) is 0 Å². The first-order chi connectivity index (χ1) is 8.65. The lowest BCUT2D eigenvalue weighted by atomic mass is 10.1. The average molecular weight is 306 g/mol. The zero-order valence-electron chi connectivity index (χ0n) is 9.61. The van der Waals surface area contributed by atoms with Crippen LogP contribution in [0, 0.1) is 0 Å². The van der Waals surface area contributed by atoms with Crippen molar-refractivity contribution in [1.82, 2.24) is 4.98 Å². The van der Waals surface area contributed by atoms with Gasteiger partial charge in [0.15, 0.2) is 0 Å². The Bertz CT molecular complexity index is 597. The monoisotopic (exact) mass is 305 g/mol. The second-order valence-electron chi connectivity index (χ2n) is 4.60. The molecule has 1 heterocycles. The molecular weight excluding hydrogens is 294 g/mol. The number of benzene rings is 1. The minimum Gasteiger partial charge on any atom is -0.478 e. The number of carbonyl (C=O) groups is 1. The summed E-state index contributed by atoms with van der Waals surface area (Å²) in [4.78, 5) is 14.5. The number of H-pyrrole nitrogens is 1. The number of carboxylic acid groups (broad SMARTS) is 1. The summed E-state index contributed by atoms with van der Waals surface area (Å²) in [5, 5.41) is 9.22. The molecule has 92 valence electrons. The molecule has 1 fully saturated rings. The number of aromatic carboxylic acids is 1. The van der Waals surface area contributed by atoms with Crippen LogP contribution < -0.4 is 0 Å². The molecule has 1 aromatic heterocycles. The van der Waals surface area contributed by atoms with Gasteiger partial charge in [-0.05, 0) is 42.5 Å². The Kier molecular flexibility index (Phi) is 2.74. The van der Waals surface area contributed by atoms with Crippen molar-refractivity contribution in [3.63, 3.8) is 0 Å². The van der Waals surface area contributed by atoms with E-state index in [2.05, 4.69) is 20.9 Å². The average Bonchev–Trinajstić information content (AvgIpc) is 3.09. The Morgan fingerprint density at radius 2 is 1.94 bits per heavy atom. The molecule has 0 spiro atoms. The maximum absolute atomic E-state index is 11.2. The normalized spacial score (nSPS) is 14.7. The highest BCUT2D eigenvalue weighted by Crippen LogP contribution is 2.42. The van der Waals surface area contributed by atoms with Gasteiger partial charge in [-0.1, -0.05) is 28.1 Å². The molecule has 0 saturated heterocycles. The van der Waals surface area contributed by atoms with E-state index in [0.29, 0.717) is 11.5 Å². The van der Waals surface area contributed by atoms with Gasteiger partial charge in [-0.3, -0.25) is 0 Å². The molecule has 2 N–H and O–H groups in total. The van der Waals surface area contributed by atoms with Crippen molar-refractivity contribution in [3.05, 3.63) is 46.1 Å². The van der Waals surface area contributed by atoms with Gasteiger partial charge >= 0.3 is 5.97 Å². The highest BCUT2D eigenvalue weighted by Gasteiger charge is 2.30. The summed E-state index contributed by atoms with van der Waals surface area (Å²) >= 11 is 3.39. The number of hydrogen-bond donors (Lipinski definition) is 2. The van der Waals surface area contributed by atoms with Crippen LogP contribution >= 0.6 is 15.9 Å². The van der Waals surface area contributed by atoms with E-state index >= 15 is 0 Å². The summed E-state index contributed by atoms with van der Waals surface area (Å²) in [5.74, 6) is -0.447. The van der Waals surface area contributed by atoms with Crippen LogP contribution in [-0.4, -0.2) is 16.1 Å². The summed E-state index contributed by atoms with van der Waals surface area (Å²) in [6.45, 7) is 0. The fourth-order valence-electron chi connectivity index (χ4n) is 2.13. The van der Waals surface area contributed by atoms with E-state index in [4.69, 9.17) is 0 Å². The van der Waals surface area contributed by atoms with Crippen molar-refractivity contribution in [2.45, 2.75) is 18.8 Å². The fraction of sp³-hybridized carbons (Fsp3) is 0.214. The third-order valence-corrected chi connectivity index (χ3v) is 3.75. The van der Waals surface area contributed by atoms with Crippen LogP contribution in [-0.2, 0) is 0 Å². The van der Waals surface area contributed by atoms with Gasteiger partial charge in [0.05, 0.1) is 5.56 Å². The minimum absolute atomic E-state index is 0.403. The summed E-state index contributed by atoms with van der Waals surface area (Å²) in [6.07, 6.45) is 2.17. The quantitative estimate of drug-likeness (QED) is 0.900. The number of aromatic amines is 1. The van der Waals surface area contributed by atoms with Gasteiger partial charge in [0.1, 0.15) is 0 Å². The number of aromatic nitrogens is 1. The molecule has 0 amide bonds. The molecule has 3 nitrogen and oxygen atoms in total. The molecule has 0 atom stereocenters. The Hall–Kier alpha value is -1.55. The topological polar surface area (TPSA) is 53.1 Å². The van der Waals surface area contributed by atoms with Crippen molar-refractivity contribution in [1.29, 1.82) is 0 Å². The van der Waals surface area contributed by atoms with E-state index in [9.17, 15) is 9.90 Å². The maximum atomic E-state index is 11.2. The smallest absolute Gasteiger partial charge is 0.337 e. The molecule has 2 aromatic rings. The zero-order valence-corrected chi connectivity index (χ0v) is 11.2. The molecule has 4 heteroatoms. The van der Waals surface area contributed by atoms with Crippen molar-refractivity contribution < 1.29 is 9.90 Å². The number of halogens is 1. The third kappa shape index (κ3) is 2.08. The molecule has 0 unspecified atom stereocenters. The molecular formula is C14H12BrNO2. The number of carboxylic acids is 1. The lowest BCUT2D eigenvalue weighted by molar-refractivity contribution is 0.0696. The van der Waals surface area contributed by atoms with Crippen molar-refractivity contribution in [2.24, 2.45) is 0 Å². The molecule has 1 aliphatic rings. The first kappa shape index (κ1) is 11.5. The second kappa shape index (κ2) is 4.28. The van der Waals surface area contributed by atoms with Crippen LogP contribution in [0.4, 0.5) is 0 Å². The van der Waals surface area contributed by atoms with Gasteiger partial charge in [-0.25, -0.2) is 4.79 Å². The van der Waals surface area contributed by atoms with Crippen LogP contribution in [0.2, 0.25) is 0 Å². The number of rotatable bonds is 3. The predicted molar refractivity (Wildman–Crippen MR) is 72.9 cm³/mol. The zero-order chi connectivity index (χ0) is 12.7. The predicted octanol–water partition coefficient (Wildman–Crippen LogP) is 4.02. The lowest BCUT2D eigenvalue weighted by Gasteiger charge is -1.98. The minimum atomic E-state index is -0.850. The van der Waals surface area contributed by atoms with Gasteiger partial charge < -0.3 is 10.1 Å². The van der Waals surface area contributed by atoms with Crippen LogP contribution in [0.15, 0.2) is 34.8 Å². The lowest BCUT2D eigenvalue weighted by Crippen LogP contribution is -1.98. The second-order valence-corrected chi connectivity index (χ2v) is 5.51. The Labute approximate surface area is 113 Å². The van der Waals surface area contributed by atoms with E-state index in [1.165, 1.54) is 0 Å². The van der Waals surface area contributed by atoms with E-state index in [-0.39, 0.29) is 0 Å². The van der Waals surface area contributed by atoms with E-state index < -0.39 is 5.97 Å². The molecule has 0 aliphatic heterocycles. The number of nitrogens with one attached hydrogen (secondary N) is 1. The molecule has 0 radical (unpaired) electrons. The van der Waals surface area contributed by atoms with Crippen LogP contribution in [0.3, 0.4) is 0 Å². The van der Waals surface area contributed by atoms with E-state index in [0.717, 1.165) is 34.3 Å². The number of hydrogen-bond acceptors (Lipinski definition) is 1. The van der Waals surface area contributed by atoms with Gasteiger partial charge in [-0.15, -0.1) is 0 Å². The van der Waals surface area contributed by atoms with Gasteiger partial charge in [-0.2, -0.15) is 0 Å². The highest BCUT2D eigenvalue weighted by atomic mass is 79.9. The molecule has 0 bridgehead atoms. The summed E-state index contributed by atoms with van der Waals surface area (Å²) in [5.41, 5.74) is 3.17. The van der Waals surface area contributed by atoms with Gasteiger partial charge in [0, 0.05) is 15.9 Å². The molecule has 18 heavy (non-hydrogen) atoms. The van der Waals surface area contributed by atoms with Crippen molar-refractivity contribution in [3.8, 4) is 11.3 Å². The van der Waals surface area contributed by atoms with E-state index in [1.54, 1.807) is 6.07 Å². The van der Waals surface area contributed by atoms with Crippen LogP contribution in [0.1, 0.15) is 34.8 Å². The first-order valence-corrected chi connectivity index (χ1v) is 6.66. The SMILES string of the molecule is O=C(O)c1cc(-c2ccc(Br)cc2)[nH]c1C1CC1. The van der Waals surface area contributed by atoms with Crippen LogP contribution in [0.5, 0.6) is 0 Å². The summed E-state index contributed by atoms with van der Waals surface area (Å²) in [7, 11) is 0. The Morgan fingerprint density at radius 1 is 1.28 bits per heavy atom. The largest absolute Gasteiger partial charge is 0.478 e. The van der Waals surface area contributed by atoms with Crippen molar-refractivity contribution >= 4 is 21.9 Å². The molecule has 3 rings (SSSR count).